The number of hydrogen-bond acceptors (Lipinski definition) is 1. The van der Waals surface area contributed by atoms with Gasteiger partial charge in [0, 0.05) is 0 Å². The summed E-state index contributed by atoms with van der Waals surface area (Å²) in [4.78, 5) is 0. The summed E-state index contributed by atoms with van der Waals surface area (Å²) >= 11 is 0. The first-order valence-corrected chi connectivity index (χ1v) is 6.71. The molecule has 0 saturated carbocycles. The van der Waals surface area contributed by atoms with Crippen LogP contribution in [0.2, 0.25) is 0 Å². The SMILES string of the molecule is CCNCCC(C)(C)Cc1cc(C)ccc1C. The van der Waals surface area contributed by atoms with Gasteiger partial charge in [0.2, 0.25) is 0 Å². The van der Waals surface area contributed by atoms with Crippen molar-refractivity contribution < 1.29 is 0 Å². The predicted octanol–water partition coefficient (Wildman–Crippen LogP) is 3.87. The van der Waals surface area contributed by atoms with Crippen LogP contribution in [0.3, 0.4) is 0 Å². The second-order valence-electron chi connectivity index (χ2n) is 5.87. The Balaban J connectivity index is 2.65. The van der Waals surface area contributed by atoms with Crippen molar-refractivity contribution in [2.45, 2.75) is 47.5 Å². The van der Waals surface area contributed by atoms with Gasteiger partial charge in [-0.15, -0.1) is 0 Å². The van der Waals surface area contributed by atoms with Crippen LogP contribution < -0.4 is 5.32 Å². The summed E-state index contributed by atoms with van der Waals surface area (Å²) in [5, 5.41) is 3.42. The summed E-state index contributed by atoms with van der Waals surface area (Å²) in [6.45, 7) is 13.5. The highest BCUT2D eigenvalue weighted by Gasteiger charge is 2.18. The molecule has 0 bridgehead atoms. The molecule has 0 radical (unpaired) electrons. The van der Waals surface area contributed by atoms with Crippen molar-refractivity contribution in [3.63, 3.8) is 0 Å². The minimum Gasteiger partial charge on any atom is -0.317 e. The monoisotopic (exact) mass is 233 g/mol. The highest BCUT2D eigenvalue weighted by molar-refractivity contribution is 5.31. The Bertz CT molecular complexity index is 353. The largest absolute Gasteiger partial charge is 0.317 e. The van der Waals surface area contributed by atoms with Crippen LogP contribution in [-0.2, 0) is 6.42 Å². The Morgan fingerprint density at radius 3 is 2.53 bits per heavy atom. The van der Waals surface area contributed by atoms with Crippen molar-refractivity contribution in [2.24, 2.45) is 5.41 Å². The van der Waals surface area contributed by atoms with E-state index in [0.29, 0.717) is 5.41 Å². The lowest BCUT2D eigenvalue weighted by atomic mass is 9.81. The van der Waals surface area contributed by atoms with Crippen LogP contribution in [0.4, 0.5) is 0 Å². The Hall–Kier alpha value is -0.820. The fraction of sp³-hybridized carbons (Fsp3) is 0.625. The Morgan fingerprint density at radius 1 is 1.18 bits per heavy atom. The molecule has 0 unspecified atom stereocenters. The zero-order valence-corrected chi connectivity index (χ0v) is 12.1. The average Bonchev–Trinajstić information content (AvgIpc) is 2.23. The van der Waals surface area contributed by atoms with Gasteiger partial charge in [0.1, 0.15) is 0 Å². The molecule has 0 saturated heterocycles. The zero-order chi connectivity index (χ0) is 12.9. The van der Waals surface area contributed by atoms with Gasteiger partial charge < -0.3 is 5.32 Å². The van der Waals surface area contributed by atoms with E-state index < -0.39 is 0 Å². The molecule has 1 N–H and O–H groups in total. The molecule has 96 valence electrons. The lowest BCUT2D eigenvalue weighted by Gasteiger charge is -2.26. The molecule has 17 heavy (non-hydrogen) atoms. The Kier molecular flexibility index (Phi) is 5.20. The van der Waals surface area contributed by atoms with Crippen LogP contribution in [-0.4, -0.2) is 13.1 Å². The molecule has 0 amide bonds. The molecule has 0 fully saturated rings. The molecule has 0 aliphatic heterocycles. The van der Waals surface area contributed by atoms with Crippen molar-refractivity contribution in [3.8, 4) is 0 Å². The van der Waals surface area contributed by atoms with Gasteiger partial charge >= 0.3 is 0 Å². The minimum atomic E-state index is 0.376. The van der Waals surface area contributed by atoms with Crippen LogP contribution >= 0.6 is 0 Å². The van der Waals surface area contributed by atoms with E-state index in [4.69, 9.17) is 0 Å². The van der Waals surface area contributed by atoms with Gasteiger partial charge in [-0.1, -0.05) is 44.5 Å². The molecular weight excluding hydrogens is 206 g/mol. The molecule has 0 aliphatic rings. The van der Waals surface area contributed by atoms with Gasteiger partial charge in [-0.3, -0.25) is 0 Å². The number of benzene rings is 1. The topological polar surface area (TPSA) is 12.0 Å². The molecule has 1 heteroatoms. The minimum absolute atomic E-state index is 0.376. The molecule has 0 aromatic heterocycles. The lowest BCUT2D eigenvalue weighted by molar-refractivity contribution is 0.326. The molecule has 0 heterocycles. The lowest BCUT2D eigenvalue weighted by Crippen LogP contribution is -2.24. The van der Waals surface area contributed by atoms with Crippen molar-refractivity contribution in [1.82, 2.24) is 5.32 Å². The standard InChI is InChI=1S/C16H27N/c1-6-17-10-9-16(4,5)12-15-11-13(2)7-8-14(15)3/h7-8,11,17H,6,9-10,12H2,1-5H3. The van der Waals surface area contributed by atoms with E-state index in [1.54, 1.807) is 0 Å². The van der Waals surface area contributed by atoms with Crippen LogP contribution in [0.25, 0.3) is 0 Å². The van der Waals surface area contributed by atoms with E-state index in [1.165, 1.54) is 29.5 Å². The molecular formula is C16H27N. The second kappa shape index (κ2) is 6.20. The van der Waals surface area contributed by atoms with Gasteiger partial charge in [-0.2, -0.15) is 0 Å². The van der Waals surface area contributed by atoms with Gasteiger partial charge in [-0.05, 0) is 56.3 Å². The van der Waals surface area contributed by atoms with Crippen LogP contribution in [0.15, 0.2) is 18.2 Å². The van der Waals surface area contributed by atoms with Crippen molar-refractivity contribution in [1.29, 1.82) is 0 Å². The first-order valence-electron chi connectivity index (χ1n) is 6.71. The predicted molar refractivity (Wildman–Crippen MR) is 76.6 cm³/mol. The number of rotatable bonds is 6. The summed E-state index contributed by atoms with van der Waals surface area (Å²) in [5.41, 5.74) is 4.67. The average molecular weight is 233 g/mol. The fourth-order valence-corrected chi connectivity index (χ4v) is 2.20. The summed E-state index contributed by atoms with van der Waals surface area (Å²) in [5.74, 6) is 0. The van der Waals surface area contributed by atoms with E-state index in [2.05, 4.69) is 58.1 Å². The summed E-state index contributed by atoms with van der Waals surface area (Å²) in [6, 6.07) is 6.78. The number of hydrogen-bond donors (Lipinski definition) is 1. The zero-order valence-electron chi connectivity index (χ0n) is 12.1. The van der Waals surface area contributed by atoms with Crippen LogP contribution in [0.1, 0.15) is 43.9 Å². The molecule has 0 aliphatic carbocycles. The third-order valence-electron chi connectivity index (χ3n) is 3.40. The maximum absolute atomic E-state index is 3.42. The molecule has 1 aromatic rings. The van der Waals surface area contributed by atoms with Gasteiger partial charge in [-0.25, -0.2) is 0 Å². The number of nitrogens with one attached hydrogen (secondary N) is 1. The third-order valence-corrected chi connectivity index (χ3v) is 3.40. The first-order chi connectivity index (χ1) is 7.94. The highest BCUT2D eigenvalue weighted by Crippen LogP contribution is 2.27. The van der Waals surface area contributed by atoms with E-state index in [-0.39, 0.29) is 0 Å². The van der Waals surface area contributed by atoms with Crippen LogP contribution in [0, 0.1) is 19.3 Å². The molecule has 1 rings (SSSR count). The Morgan fingerprint density at radius 2 is 1.88 bits per heavy atom. The quantitative estimate of drug-likeness (QED) is 0.735. The van der Waals surface area contributed by atoms with Crippen molar-refractivity contribution in [3.05, 3.63) is 34.9 Å². The Labute approximate surface area is 107 Å². The van der Waals surface area contributed by atoms with Gasteiger partial charge in [0.05, 0.1) is 0 Å². The van der Waals surface area contributed by atoms with Crippen molar-refractivity contribution >= 4 is 0 Å². The van der Waals surface area contributed by atoms with Gasteiger partial charge in [0.25, 0.3) is 0 Å². The molecule has 1 aromatic carbocycles. The van der Waals surface area contributed by atoms with E-state index >= 15 is 0 Å². The van der Waals surface area contributed by atoms with Gasteiger partial charge in [0.15, 0.2) is 0 Å². The first kappa shape index (κ1) is 14.2. The molecule has 1 nitrogen and oxygen atoms in total. The third kappa shape index (κ3) is 4.91. The number of aryl methyl sites for hydroxylation is 2. The van der Waals surface area contributed by atoms with E-state index in [1.807, 2.05) is 0 Å². The van der Waals surface area contributed by atoms with Crippen molar-refractivity contribution in [2.75, 3.05) is 13.1 Å². The maximum atomic E-state index is 3.42. The second-order valence-corrected chi connectivity index (χ2v) is 5.87. The summed E-state index contributed by atoms with van der Waals surface area (Å²) in [6.07, 6.45) is 2.40. The molecule has 0 spiro atoms. The molecule has 0 atom stereocenters. The summed E-state index contributed by atoms with van der Waals surface area (Å²) < 4.78 is 0. The normalized spacial score (nSPS) is 11.8. The van der Waals surface area contributed by atoms with Crippen LogP contribution in [0.5, 0.6) is 0 Å². The smallest absolute Gasteiger partial charge is 0.00438 e. The maximum Gasteiger partial charge on any atom is -0.00438 e. The summed E-state index contributed by atoms with van der Waals surface area (Å²) in [7, 11) is 0. The fourth-order valence-electron chi connectivity index (χ4n) is 2.20. The van der Waals surface area contributed by atoms with E-state index in [9.17, 15) is 0 Å². The van der Waals surface area contributed by atoms with E-state index in [0.717, 1.165) is 13.1 Å². The highest BCUT2D eigenvalue weighted by atomic mass is 14.8.